The Bertz CT molecular complexity index is 849. The van der Waals surface area contributed by atoms with Crippen molar-refractivity contribution in [1.82, 2.24) is 25.1 Å². The van der Waals surface area contributed by atoms with Gasteiger partial charge in [-0.1, -0.05) is 18.2 Å². The molecule has 1 aliphatic heterocycles. The fourth-order valence-corrected chi connectivity index (χ4v) is 4.12. The molecule has 1 saturated heterocycles. The average Bonchev–Trinajstić information content (AvgIpc) is 3.31. The van der Waals surface area contributed by atoms with Crippen molar-refractivity contribution in [3.8, 4) is 0 Å². The van der Waals surface area contributed by atoms with E-state index >= 15 is 0 Å². The largest absolute Gasteiger partial charge is 0.369 e. The summed E-state index contributed by atoms with van der Waals surface area (Å²) < 4.78 is 1.92. The van der Waals surface area contributed by atoms with Crippen LogP contribution < -0.4 is 4.90 Å². The van der Waals surface area contributed by atoms with Crippen LogP contribution in [0.3, 0.4) is 0 Å². The van der Waals surface area contributed by atoms with Crippen LogP contribution in [0.15, 0.2) is 35.7 Å². The maximum atomic E-state index is 4.24. The summed E-state index contributed by atoms with van der Waals surface area (Å²) in [6.07, 6.45) is 0. The average molecular weight is 369 g/mol. The number of benzene rings is 1. The summed E-state index contributed by atoms with van der Waals surface area (Å²) in [5.41, 5.74) is 4.12. The van der Waals surface area contributed by atoms with E-state index in [1.54, 1.807) is 11.3 Å². The molecule has 0 spiro atoms. The van der Waals surface area contributed by atoms with E-state index in [4.69, 9.17) is 0 Å². The normalized spacial score (nSPS) is 15.5. The molecule has 0 bridgehead atoms. The van der Waals surface area contributed by atoms with E-state index in [0.717, 1.165) is 45.1 Å². The van der Waals surface area contributed by atoms with Gasteiger partial charge in [-0.05, 0) is 52.9 Å². The summed E-state index contributed by atoms with van der Waals surface area (Å²) >= 11 is 1.74. The number of aromatic nitrogens is 4. The molecule has 3 heterocycles. The van der Waals surface area contributed by atoms with Crippen molar-refractivity contribution in [1.29, 1.82) is 0 Å². The smallest absolute Gasteiger partial charge is 0.165 e. The number of anilines is 1. The van der Waals surface area contributed by atoms with Crippen LogP contribution in [0.25, 0.3) is 0 Å². The van der Waals surface area contributed by atoms with Gasteiger partial charge in [0.05, 0.1) is 13.1 Å². The quantitative estimate of drug-likeness (QED) is 0.693. The van der Waals surface area contributed by atoms with Crippen molar-refractivity contribution in [2.24, 2.45) is 0 Å². The van der Waals surface area contributed by atoms with Gasteiger partial charge in [0.25, 0.3) is 0 Å². The maximum Gasteiger partial charge on any atom is 0.165 e. The van der Waals surface area contributed by atoms with Gasteiger partial charge in [-0.3, -0.25) is 4.90 Å². The van der Waals surface area contributed by atoms with Gasteiger partial charge < -0.3 is 4.90 Å². The van der Waals surface area contributed by atoms with E-state index in [2.05, 4.69) is 74.9 Å². The summed E-state index contributed by atoms with van der Waals surface area (Å²) in [6, 6.07) is 10.8. The van der Waals surface area contributed by atoms with Gasteiger partial charge in [0.2, 0.25) is 0 Å². The second-order valence-corrected chi connectivity index (χ2v) is 7.85. The van der Waals surface area contributed by atoms with E-state index in [0.29, 0.717) is 0 Å². The third-order valence-electron chi connectivity index (χ3n) is 5.15. The number of hydrogen-bond acceptors (Lipinski definition) is 6. The van der Waals surface area contributed by atoms with Crippen LogP contribution in [0.1, 0.15) is 21.8 Å². The number of rotatable bonds is 5. The molecule has 0 amide bonds. The minimum atomic E-state index is 0.752. The van der Waals surface area contributed by atoms with Crippen molar-refractivity contribution in [3.05, 3.63) is 57.5 Å². The Morgan fingerprint density at radius 1 is 1.00 bits per heavy atom. The first-order valence-electron chi connectivity index (χ1n) is 9.01. The van der Waals surface area contributed by atoms with E-state index < -0.39 is 0 Å². The van der Waals surface area contributed by atoms with Gasteiger partial charge >= 0.3 is 0 Å². The van der Waals surface area contributed by atoms with Gasteiger partial charge in [-0.25, -0.2) is 4.68 Å². The first-order valence-corrected chi connectivity index (χ1v) is 9.89. The molecule has 0 aliphatic carbocycles. The monoisotopic (exact) mass is 368 g/mol. The fraction of sp³-hybridized carbons (Fsp3) is 0.421. The molecule has 136 valence electrons. The third-order valence-corrected chi connectivity index (χ3v) is 6.01. The summed E-state index contributed by atoms with van der Waals surface area (Å²) in [6.45, 7) is 10.1. The number of aryl methyl sites for hydroxylation is 1. The summed E-state index contributed by atoms with van der Waals surface area (Å²) in [5.74, 6) is 0.943. The van der Waals surface area contributed by atoms with Crippen LogP contribution >= 0.6 is 11.3 Å². The number of nitrogens with zero attached hydrogens (tertiary/aromatic N) is 6. The van der Waals surface area contributed by atoms with E-state index in [-0.39, 0.29) is 0 Å². The standard InChI is InChI=1S/C19H24N6S/c1-15-5-3-7-18(16(15)2)24-10-8-23(9-11-24)14-19-20-21-22-25(19)13-17-6-4-12-26-17/h3-7,12H,8-11,13-14H2,1-2H3. The minimum Gasteiger partial charge on any atom is -0.369 e. The van der Waals surface area contributed by atoms with Crippen LogP contribution in [0, 0.1) is 13.8 Å². The minimum absolute atomic E-state index is 0.752. The van der Waals surface area contributed by atoms with Crippen molar-refractivity contribution >= 4 is 17.0 Å². The maximum absolute atomic E-state index is 4.24. The number of hydrogen-bond donors (Lipinski definition) is 0. The zero-order valence-electron chi connectivity index (χ0n) is 15.3. The van der Waals surface area contributed by atoms with Crippen molar-refractivity contribution < 1.29 is 0 Å². The Balaban J connectivity index is 1.37. The zero-order valence-corrected chi connectivity index (χ0v) is 16.1. The van der Waals surface area contributed by atoms with Crippen LogP contribution in [0.5, 0.6) is 0 Å². The van der Waals surface area contributed by atoms with Crippen LogP contribution in [-0.4, -0.2) is 51.3 Å². The van der Waals surface area contributed by atoms with Crippen molar-refractivity contribution in [2.75, 3.05) is 31.1 Å². The highest BCUT2D eigenvalue weighted by Gasteiger charge is 2.20. The molecule has 1 aliphatic rings. The predicted octanol–water partition coefficient (Wildman–Crippen LogP) is 2.72. The molecule has 0 unspecified atom stereocenters. The van der Waals surface area contributed by atoms with Crippen LogP contribution in [0.2, 0.25) is 0 Å². The molecule has 7 heteroatoms. The van der Waals surface area contributed by atoms with E-state index in [9.17, 15) is 0 Å². The highest BCUT2D eigenvalue weighted by atomic mass is 32.1. The molecule has 3 aromatic rings. The van der Waals surface area contributed by atoms with E-state index in [1.807, 2.05) is 4.68 Å². The molecule has 0 N–H and O–H groups in total. The van der Waals surface area contributed by atoms with Gasteiger partial charge in [0.15, 0.2) is 5.82 Å². The first-order chi connectivity index (χ1) is 12.7. The molecule has 4 rings (SSSR count). The first kappa shape index (κ1) is 17.2. The summed E-state index contributed by atoms with van der Waals surface area (Å²) in [4.78, 5) is 6.21. The Hall–Kier alpha value is -2.25. The summed E-state index contributed by atoms with van der Waals surface area (Å²) in [5, 5.41) is 14.4. The van der Waals surface area contributed by atoms with E-state index in [1.165, 1.54) is 21.7 Å². The van der Waals surface area contributed by atoms with Crippen LogP contribution in [-0.2, 0) is 13.1 Å². The van der Waals surface area contributed by atoms with Crippen molar-refractivity contribution in [2.45, 2.75) is 26.9 Å². The lowest BCUT2D eigenvalue weighted by atomic mass is 10.1. The Labute approximate surface area is 158 Å². The molecule has 1 aromatic carbocycles. The third kappa shape index (κ3) is 3.64. The highest BCUT2D eigenvalue weighted by Crippen LogP contribution is 2.24. The molecule has 0 atom stereocenters. The molecule has 26 heavy (non-hydrogen) atoms. The SMILES string of the molecule is Cc1cccc(N2CCN(Cc3nnnn3Cc3cccs3)CC2)c1C. The zero-order chi connectivity index (χ0) is 17.9. The lowest BCUT2D eigenvalue weighted by Crippen LogP contribution is -2.46. The van der Waals surface area contributed by atoms with Gasteiger partial charge in [-0.15, -0.1) is 16.4 Å². The molecule has 0 saturated carbocycles. The molecular weight excluding hydrogens is 344 g/mol. The molecule has 6 nitrogen and oxygen atoms in total. The topological polar surface area (TPSA) is 50.1 Å². The molecule has 2 aromatic heterocycles. The second-order valence-electron chi connectivity index (χ2n) is 6.81. The lowest BCUT2D eigenvalue weighted by Gasteiger charge is -2.36. The Morgan fingerprint density at radius 3 is 2.62 bits per heavy atom. The number of piperazine rings is 1. The molecule has 1 fully saturated rings. The lowest BCUT2D eigenvalue weighted by molar-refractivity contribution is 0.240. The van der Waals surface area contributed by atoms with Crippen molar-refractivity contribution in [3.63, 3.8) is 0 Å². The van der Waals surface area contributed by atoms with Crippen LogP contribution in [0.4, 0.5) is 5.69 Å². The van der Waals surface area contributed by atoms with Gasteiger partial charge in [0.1, 0.15) is 0 Å². The van der Waals surface area contributed by atoms with Gasteiger partial charge in [-0.2, -0.15) is 0 Å². The molecule has 0 radical (unpaired) electrons. The Kier molecular flexibility index (Phi) is 4.99. The Morgan fingerprint density at radius 2 is 1.85 bits per heavy atom. The molecular formula is C19H24N6S. The van der Waals surface area contributed by atoms with Gasteiger partial charge in [0, 0.05) is 36.7 Å². The second kappa shape index (κ2) is 7.55. The highest BCUT2D eigenvalue weighted by molar-refractivity contribution is 7.09. The number of thiophene rings is 1. The summed E-state index contributed by atoms with van der Waals surface area (Å²) in [7, 11) is 0. The fourth-order valence-electron chi connectivity index (χ4n) is 3.43. The predicted molar refractivity (Wildman–Crippen MR) is 105 cm³/mol. The number of tetrazole rings is 1.